The molecule has 0 atom stereocenters. The predicted molar refractivity (Wildman–Crippen MR) is 98.5 cm³/mol. The van der Waals surface area contributed by atoms with Crippen LogP contribution in [0, 0.1) is 0 Å². The number of hydrogen-bond acceptors (Lipinski definition) is 3. The minimum Gasteiger partial charge on any atom is -0.491 e. The zero-order chi connectivity index (χ0) is 16.8. The second-order valence-corrected chi connectivity index (χ2v) is 7.65. The number of ether oxygens (including phenoxy) is 2. The van der Waals surface area contributed by atoms with Gasteiger partial charge in [0, 0.05) is 25.2 Å². The Kier molecular flexibility index (Phi) is 6.56. The Balaban J connectivity index is 1.47. The van der Waals surface area contributed by atoms with Gasteiger partial charge in [0.15, 0.2) is 0 Å². The van der Waals surface area contributed by atoms with Gasteiger partial charge in [-0.15, -0.1) is 0 Å². The number of benzene rings is 1. The average Bonchev–Trinajstić information content (AvgIpc) is 2.59. The van der Waals surface area contributed by atoms with Crippen LogP contribution in [0.1, 0.15) is 64.4 Å². The SMILES string of the molecule is CC(C)Oc1ccccc1CN1CCC(OC2CCCCC2)CC1. The molecular weight excluding hydrogens is 298 g/mol. The Morgan fingerprint density at radius 1 is 0.958 bits per heavy atom. The molecule has 1 aliphatic carbocycles. The van der Waals surface area contributed by atoms with Crippen molar-refractivity contribution in [3.05, 3.63) is 29.8 Å². The lowest BCUT2D eigenvalue weighted by Gasteiger charge is -2.35. The van der Waals surface area contributed by atoms with Crippen molar-refractivity contribution in [3.63, 3.8) is 0 Å². The van der Waals surface area contributed by atoms with Crippen molar-refractivity contribution in [3.8, 4) is 5.75 Å². The van der Waals surface area contributed by atoms with Gasteiger partial charge in [0.25, 0.3) is 0 Å². The fraction of sp³-hybridized carbons (Fsp3) is 0.714. The van der Waals surface area contributed by atoms with E-state index in [0.717, 1.165) is 25.4 Å². The molecule has 3 rings (SSSR count). The summed E-state index contributed by atoms with van der Waals surface area (Å²) in [7, 11) is 0. The summed E-state index contributed by atoms with van der Waals surface area (Å²) in [6.07, 6.45) is 10.2. The summed E-state index contributed by atoms with van der Waals surface area (Å²) < 4.78 is 12.3. The van der Waals surface area contributed by atoms with Crippen LogP contribution in [0.2, 0.25) is 0 Å². The van der Waals surface area contributed by atoms with Gasteiger partial charge in [0.05, 0.1) is 18.3 Å². The first-order valence-electron chi connectivity index (χ1n) is 9.83. The van der Waals surface area contributed by atoms with Crippen LogP contribution in [0.15, 0.2) is 24.3 Å². The summed E-state index contributed by atoms with van der Waals surface area (Å²) in [5.74, 6) is 1.04. The maximum Gasteiger partial charge on any atom is 0.124 e. The number of nitrogens with zero attached hydrogens (tertiary/aromatic N) is 1. The molecule has 0 bridgehead atoms. The van der Waals surface area contributed by atoms with E-state index in [1.54, 1.807) is 0 Å². The average molecular weight is 332 g/mol. The normalized spacial score (nSPS) is 21.3. The minimum absolute atomic E-state index is 0.223. The van der Waals surface area contributed by atoms with Crippen LogP contribution in [0.25, 0.3) is 0 Å². The molecular formula is C21H33NO2. The Bertz CT molecular complexity index is 488. The Morgan fingerprint density at radius 3 is 2.33 bits per heavy atom. The van der Waals surface area contributed by atoms with Gasteiger partial charge in [0.1, 0.15) is 5.75 Å². The van der Waals surface area contributed by atoms with E-state index in [-0.39, 0.29) is 6.10 Å². The number of para-hydroxylation sites is 1. The second-order valence-electron chi connectivity index (χ2n) is 7.65. The maximum absolute atomic E-state index is 6.36. The highest BCUT2D eigenvalue weighted by molar-refractivity contribution is 5.33. The molecule has 24 heavy (non-hydrogen) atoms. The fourth-order valence-corrected chi connectivity index (χ4v) is 3.92. The lowest BCUT2D eigenvalue weighted by Crippen LogP contribution is -2.38. The molecule has 0 unspecified atom stereocenters. The smallest absolute Gasteiger partial charge is 0.124 e. The van der Waals surface area contributed by atoms with E-state index in [1.165, 1.54) is 50.5 Å². The molecule has 2 aliphatic rings. The molecule has 0 N–H and O–H groups in total. The molecule has 0 spiro atoms. The highest BCUT2D eigenvalue weighted by Gasteiger charge is 2.24. The van der Waals surface area contributed by atoms with Gasteiger partial charge in [0.2, 0.25) is 0 Å². The summed E-state index contributed by atoms with van der Waals surface area (Å²) in [4.78, 5) is 2.54. The van der Waals surface area contributed by atoms with Gasteiger partial charge >= 0.3 is 0 Å². The van der Waals surface area contributed by atoms with E-state index in [2.05, 4.69) is 43.0 Å². The Labute approximate surface area is 147 Å². The molecule has 0 aromatic heterocycles. The molecule has 3 heteroatoms. The monoisotopic (exact) mass is 331 g/mol. The van der Waals surface area contributed by atoms with Gasteiger partial charge in [-0.1, -0.05) is 37.5 Å². The van der Waals surface area contributed by atoms with Crippen LogP contribution < -0.4 is 4.74 Å². The highest BCUT2D eigenvalue weighted by atomic mass is 16.5. The highest BCUT2D eigenvalue weighted by Crippen LogP contribution is 2.26. The number of likely N-dealkylation sites (tertiary alicyclic amines) is 1. The molecule has 3 nitrogen and oxygen atoms in total. The van der Waals surface area contributed by atoms with Gasteiger partial charge in [-0.05, 0) is 45.6 Å². The van der Waals surface area contributed by atoms with Crippen LogP contribution >= 0.6 is 0 Å². The lowest BCUT2D eigenvalue weighted by atomic mass is 9.97. The van der Waals surface area contributed by atoms with E-state index in [9.17, 15) is 0 Å². The molecule has 0 radical (unpaired) electrons. The van der Waals surface area contributed by atoms with Crippen molar-refractivity contribution in [1.29, 1.82) is 0 Å². The molecule has 1 saturated carbocycles. The van der Waals surface area contributed by atoms with Crippen molar-refractivity contribution in [2.45, 2.75) is 83.6 Å². The van der Waals surface area contributed by atoms with Crippen molar-refractivity contribution in [2.24, 2.45) is 0 Å². The first kappa shape index (κ1) is 17.8. The summed E-state index contributed by atoms with van der Waals surface area (Å²) in [5.41, 5.74) is 1.30. The minimum atomic E-state index is 0.223. The van der Waals surface area contributed by atoms with Crippen LogP contribution in [0.4, 0.5) is 0 Å². The zero-order valence-electron chi connectivity index (χ0n) is 15.4. The molecule has 134 valence electrons. The van der Waals surface area contributed by atoms with Gasteiger partial charge in [-0.3, -0.25) is 4.90 Å². The van der Waals surface area contributed by atoms with Crippen LogP contribution in [-0.4, -0.2) is 36.3 Å². The lowest BCUT2D eigenvalue weighted by molar-refractivity contribution is -0.0566. The standard InChI is InChI=1S/C21H33NO2/c1-17(2)23-21-11-7-6-8-18(21)16-22-14-12-20(13-15-22)24-19-9-4-3-5-10-19/h6-8,11,17,19-20H,3-5,9-10,12-16H2,1-2H3. The Hall–Kier alpha value is -1.06. The molecule has 2 fully saturated rings. The van der Waals surface area contributed by atoms with Gasteiger partial charge in [-0.25, -0.2) is 0 Å². The summed E-state index contributed by atoms with van der Waals surface area (Å²) >= 11 is 0. The molecule has 1 heterocycles. The quantitative estimate of drug-likeness (QED) is 0.748. The van der Waals surface area contributed by atoms with Crippen molar-refractivity contribution >= 4 is 0 Å². The van der Waals surface area contributed by atoms with E-state index < -0.39 is 0 Å². The number of rotatable bonds is 6. The van der Waals surface area contributed by atoms with Crippen LogP contribution in [0.5, 0.6) is 5.75 Å². The van der Waals surface area contributed by atoms with E-state index in [4.69, 9.17) is 9.47 Å². The van der Waals surface area contributed by atoms with Crippen LogP contribution in [-0.2, 0) is 11.3 Å². The zero-order valence-corrected chi connectivity index (χ0v) is 15.4. The third-order valence-corrected chi connectivity index (χ3v) is 5.20. The molecule has 0 amide bonds. The molecule has 1 aliphatic heterocycles. The molecule has 1 aromatic carbocycles. The Morgan fingerprint density at radius 2 is 1.62 bits per heavy atom. The van der Waals surface area contributed by atoms with E-state index in [1.807, 2.05) is 0 Å². The van der Waals surface area contributed by atoms with Crippen molar-refractivity contribution < 1.29 is 9.47 Å². The maximum atomic E-state index is 6.36. The first-order valence-corrected chi connectivity index (χ1v) is 9.83. The number of piperidine rings is 1. The predicted octanol–water partition coefficient (Wildman–Crippen LogP) is 4.79. The van der Waals surface area contributed by atoms with Gasteiger partial charge in [-0.2, -0.15) is 0 Å². The summed E-state index contributed by atoms with van der Waals surface area (Å²) in [6.45, 7) is 7.43. The number of hydrogen-bond donors (Lipinski definition) is 0. The summed E-state index contributed by atoms with van der Waals surface area (Å²) in [6, 6.07) is 8.46. The van der Waals surface area contributed by atoms with E-state index >= 15 is 0 Å². The molecule has 1 aromatic rings. The van der Waals surface area contributed by atoms with Gasteiger partial charge < -0.3 is 9.47 Å². The largest absolute Gasteiger partial charge is 0.491 e. The fourth-order valence-electron chi connectivity index (χ4n) is 3.92. The topological polar surface area (TPSA) is 21.7 Å². The first-order chi connectivity index (χ1) is 11.7. The van der Waals surface area contributed by atoms with Crippen molar-refractivity contribution in [2.75, 3.05) is 13.1 Å². The van der Waals surface area contributed by atoms with E-state index in [0.29, 0.717) is 12.2 Å². The van der Waals surface area contributed by atoms with Crippen molar-refractivity contribution in [1.82, 2.24) is 4.90 Å². The second kappa shape index (κ2) is 8.87. The third kappa shape index (κ3) is 5.22. The van der Waals surface area contributed by atoms with Crippen LogP contribution in [0.3, 0.4) is 0 Å². The summed E-state index contributed by atoms with van der Waals surface area (Å²) in [5, 5.41) is 0. The third-order valence-electron chi connectivity index (χ3n) is 5.20. The molecule has 1 saturated heterocycles.